The minimum Gasteiger partial charge on any atom is -0.336 e. The van der Waals surface area contributed by atoms with Crippen LogP contribution in [0.15, 0.2) is 18.5 Å². The van der Waals surface area contributed by atoms with Crippen LogP contribution in [0.25, 0.3) is 0 Å². The van der Waals surface area contributed by atoms with Gasteiger partial charge in [0.1, 0.15) is 0 Å². The van der Waals surface area contributed by atoms with Gasteiger partial charge in [0, 0.05) is 12.6 Å². The monoisotopic (exact) mass is 234 g/mol. The van der Waals surface area contributed by atoms with Crippen LogP contribution in [0.1, 0.15) is 30.1 Å². The fraction of sp³-hybridized carbons (Fsp3) is 0.583. The second-order valence-corrected chi connectivity index (χ2v) is 4.20. The van der Waals surface area contributed by atoms with Crippen LogP contribution in [0.5, 0.6) is 0 Å². The number of aromatic nitrogens is 2. The van der Waals surface area contributed by atoms with Crippen molar-refractivity contribution >= 4 is 5.91 Å². The zero-order valence-corrected chi connectivity index (χ0v) is 10.1. The molecular weight excluding hydrogens is 216 g/mol. The predicted octanol–water partition coefficient (Wildman–Crippen LogP) is 0.691. The molecule has 0 spiro atoms. The molecule has 5 nitrogen and oxygen atoms in total. The number of hydrogen-bond acceptors (Lipinski definition) is 4. The second-order valence-electron chi connectivity index (χ2n) is 4.20. The van der Waals surface area contributed by atoms with Gasteiger partial charge < -0.3 is 10.2 Å². The summed E-state index contributed by atoms with van der Waals surface area (Å²) in [6.45, 7) is 4.74. The van der Waals surface area contributed by atoms with Gasteiger partial charge in [0.2, 0.25) is 0 Å². The summed E-state index contributed by atoms with van der Waals surface area (Å²) < 4.78 is 0. The number of nitrogens with one attached hydrogen (secondary N) is 1. The van der Waals surface area contributed by atoms with Gasteiger partial charge in [-0.3, -0.25) is 4.79 Å². The Labute approximate surface area is 101 Å². The van der Waals surface area contributed by atoms with Crippen molar-refractivity contribution < 1.29 is 4.79 Å². The molecule has 0 unspecified atom stereocenters. The van der Waals surface area contributed by atoms with Gasteiger partial charge in [0.05, 0.1) is 18.0 Å². The van der Waals surface area contributed by atoms with E-state index in [1.807, 2.05) is 11.8 Å². The maximum Gasteiger partial charge on any atom is 0.255 e. The number of rotatable bonds is 3. The maximum absolute atomic E-state index is 12.3. The Bertz CT molecular complexity index is 362. The first-order valence-corrected chi connectivity index (χ1v) is 6.11. The molecule has 5 heteroatoms. The van der Waals surface area contributed by atoms with Gasteiger partial charge in [0.15, 0.2) is 0 Å². The fourth-order valence-corrected chi connectivity index (χ4v) is 2.27. The Morgan fingerprint density at radius 2 is 2.24 bits per heavy atom. The molecule has 1 saturated heterocycles. The molecule has 2 rings (SSSR count). The first-order chi connectivity index (χ1) is 8.33. The van der Waals surface area contributed by atoms with Crippen LogP contribution < -0.4 is 5.32 Å². The highest BCUT2D eigenvalue weighted by Gasteiger charge is 2.24. The zero-order valence-electron chi connectivity index (χ0n) is 10.1. The normalized spacial score (nSPS) is 16.8. The molecule has 0 radical (unpaired) electrons. The van der Waals surface area contributed by atoms with Gasteiger partial charge in [-0.1, -0.05) is 0 Å². The molecule has 0 aromatic carbocycles. The van der Waals surface area contributed by atoms with Crippen molar-refractivity contribution in [3.8, 4) is 0 Å². The predicted molar refractivity (Wildman–Crippen MR) is 64.6 cm³/mol. The second kappa shape index (κ2) is 5.72. The molecule has 17 heavy (non-hydrogen) atoms. The molecule has 1 N–H and O–H groups in total. The molecular formula is C12H18N4O. The van der Waals surface area contributed by atoms with Crippen molar-refractivity contribution in [3.05, 3.63) is 24.0 Å². The summed E-state index contributed by atoms with van der Waals surface area (Å²) in [5.74, 6) is 0.0642. The van der Waals surface area contributed by atoms with Crippen molar-refractivity contribution in [2.24, 2.45) is 0 Å². The highest BCUT2D eigenvalue weighted by Crippen LogP contribution is 2.14. The Balaban J connectivity index is 2.09. The molecule has 0 atom stereocenters. The van der Waals surface area contributed by atoms with Gasteiger partial charge in [-0.05, 0) is 38.9 Å². The Kier molecular flexibility index (Phi) is 4.03. The number of carbonyl (C=O) groups excluding carboxylic acids is 1. The van der Waals surface area contributed by atoms with E-state index >= 15 is 0 Å². The van der Waals surface area contributed by atoms with Crippen LogP contribution in [-0.4, -0.2) is 46.7 Å². The Morgan fingerprint density at radius 3 is 2.82 bits per heavy atom. The molecule has 1 amide bonds. The van der Waals surface area contributed by atoms with Crippen LogP contribution >= 0.6 is 0 Å². The van der Waals surface area contributed by atoms with Crippen molar-refractivity contribution in [3.63, 3.8) is 0 Å². The highest BCUT2D eigenvalue weighted by atomic mass is 16.2. The molecule has 92 valence electrons. The van der Waals surface area contributed by atoms with Crippen molar-refractivity contribution in [1.82, 2.24) is 20.4 Å². The molecule has 0 aliphatic carbocycles. The third kappa shape index (κ3) is 2.79. The summed E-state index contributed by atoms with van der Waals surface area (Å²) in [4.78, 5) is 14.3. The topological polar surface area (TPSA) is 58.1 Å². The highest BCUT2D eigenvalue weighted by molar-refractivity contribution is 5.94. The van der Waals surface area contributed by atoms with Crippen LogP contribution in [0.2, 0.25) is 0 Å². The van der Waals surface area contributed by atoms with Gasteiger partial charge in [-0.15, -0.1) is 0 Å². The van der Waals surface area contributed by atoms with Gasteiger partial charge in [-0.2, -0.15) is 10.2 Å². The van der Waals surface area contributed by atoms with E-state index in [4.69, 9.17) is 0 Å². The molecule has 0 bridgehead atoms. The standard InChI is InChI=1S/C12H18N4O/c1-2-16(11-4-6-13-7-5-11)12(17)10-3-8-14-15-9-10/h3,8-9,11,13H,2,4-7H2,1H3. The van der Waals surface area contributed by atoms with E-state index in [-0.39, 0.29) is 5.91 Å². The van der Waals surface area contributed by atoms with Gasteiger partial charge in [0.25, 0.3) is 5.91 Å². The Morgan fingerprint density at radius 1 is 1.47 bits per heavy atom. The summed E-state index contributed by atoms with van der Waals surface area (Å²) >= 11 is 0. The summed E-state index contributed by atoms with van der Waals surface area (Å²) in [6, 6.07) is 2.07. The average molecular weight is 234 g/mol. The fourth-order valence-electron chi connectivity index (χ4n) is 2.27. The molecule has 2 heterocycles. The summed E-state index contributed by atoms with van der Waals surface area (Å²) in [5, 5.41) is 10.8. The zero-order chi connectivity index (χ0) is 12.1. The third-order valence-corrected chi connectivity index (χ3v) is 3.18. The smallest absolute Gasteiger partial charge is 0.255 e. The molecule has 1 aliphatic heterocycles. The summed E-state index contributed by atoms with van der Waals surface area (Å²) in [6.07, 6.45) is 5.14. The molecule has 0 saturated carbocycles. The van der Waals surface area contributed by atoms with Gasteiger partial charge in [-0.25, -0.2) is 0 Å². The summed E-state index contributed by atoms with van der Waals surface area (Å²) in [5.41, 5.74) is 0.625. The van der Waals surface area contributed by atoms with Crippen LogP contribution in [0.3, 0.4) is 0 Å². The number of hydrogen-bond donors (Lipinski definition) is 1. The first-order valence-electron chi connectivity index (χ1n) is 6.11. The van der Waals surface area contributed by atoms with E-state index in [2.05, 4.69) is 15.5 Å². The quantitative estimate of drug-likeness (QED) is 0.836. The summed E-state index contributed by atoms with van der Waals surface area (Å²) in [7, 11) is 0. The largest absolute Gasteiger partial charge is 0.336 e. The first kappa shape index (κ1) is 12.0. The number of carbonyl (C=O) groups is 1. The van der Waals surface area contributed by atoms with E-state index in [0.29, 0.717) is 11.6 Å². The number of nitrogens with zero attached hydrogens (tertiary/aromatic N) is 3. The molecule has 1 aromatic rings. The van der Waals surface area contributed by atoms with E-state index in [1.54, 1.807) is 12.3 Å². The minimum absolute atomic E-state index is 0.0642. The van der Waals surface area contributed by atoms with Gasteiger partial charge >= 0.3 is 0 Å². The van der Waals surface area contributed by atoms with Crippen molar-refractivity contribution in [1.29, 1.82) is 0 Å². The number of piperidine rings is 1. The average Bonchev–Trinajstić information content (AvgIpc) is 2.42. The molecule has 1 aromatic heterocycles. The molecule has 1 fully saturated rings. The lowest BCUT2D eigenvalue weighted by Crippen LogP contribution is -2.46. The van der Waals surface area contributed by atoms with E-state index < -0.39 is 0 Å². The van der Waals surface area contributed by atoms with Crippen molar-refractivity contribution in [2.45, 2.75) is 25.8 Å². The van der Waals surface area contributed by atoms with Crippen LogP contribution in [0, 0.1) is 0 Å². The lowest BCUT2D eigenvalue weighted by Gasteiger charge is -2.33. The van der Waals surface area contributed by atoms with Crippen LogP contribution in [0.4, 0.5) is 0 Å². The number of amides is 1. The van der Waals surface area contributed by atoms with E-state index in [1.165, 1.54) is 6.20 Å². The maximum atomic E-state index is 12.3. The lowest BCUT2D eigenvalue weighted by molar-refractivity contribution is 0.0655. The van der Waals surface area contributed by atoms with E-state index in [9.17, 15) is 4.79 Å². The van der Waals surface area contributed by atoms with E-state index in [0.717, 1.165) is 32.5 Å². The Hall–Kier alpha value is -1.49. The van der Waals surface area contributed by atoms with Crippen molar-refractivity contribution in [2.75, 3.05) is 19.6 Å². The minimum atomic E-state index is 0.0642. The van der Waals surface area contributed by atoms with Crippen LogP contribution in [-0.2, 0) is 0 Å². The SMILES string of the molecule is CCN(C(=O)c1ccnnc1)C1CCNCC1. The molecule has 1 aliphatic rings. The lowest BCUT2D eigenvalue weighted by atomic mass is 10.0. The third-order valence-electron chi connectivity index (χ3n) is 3.18.